The van der Waals surface area contributed by atoms with Crippen LogP contribution in [0.2, 0.25) is 0 Å². The number of aryl methyl sites for hydroxylation is 1. The molecule has 1 aliphatic rings. The highest BCUT2D eigenvalue weighted by atomic mass is 16.3. The number of rotatable bonds is 5. The zero-order valence-electron chi connectivity index (χ0n) is 17.3. The third-order valence-electron chi connectivity index (χ3n) is 5.73. The fourth-order valence-corrected chi connectivity index (χ4v) is 3.96. The molecule has 0 saturated carbocycles. The standard InChI is InChI=1S/C22H23N7O2/c1-16-4-6-18(7-5-16)28(15-19-3-2-14-31-19)22(30)17-10-12-27(13-11-17)21-9-8-20-23-25-26-29(20)24-21/h2-9,14,17H,10-13,15H2,1H3. The van der Waals surface area contributed by atoms with Gasteiger partial charge in [0.25, 0.3) is 0 Å². The number of fused-ring (bicyclic) bond motifs is 1. The van der Waals surface area contributed by atoms with Crippen molar-refractivity contribution in [1.82, 2.24) is 25.3 Å². The molecule has 9 heteroatoms. The quantitative estimate of drug-likeness (QED) is 0.493. The minimum atomic E-state index is -0.0516. The number of tetrazole rings is 1. The zero-order valence-corrected chi connectivity index (χ0v) is 17.3. The second-order valence-corrected chi connectivity index (χ2v) is 7.82. The van der Waals surface area contributed by atoms with E-state index in [0.717, 1.165) is 48.8 Å². The average Bonchev–Trinajstić information content (AvgIpc) is 3.49. The summed E-state index contributed by atoms with van der Waals surface area (Å²) >= 11 is 0. The number of carbonyl (C=O) groups excluding carboxylic acids is 1. The number of furan rings is 1. The van der Waals surface area contributed by atoms with Crippen molar-refractivity contribution in [1.29, 1.82) is 0 Å². The first kappa shape index (κ1) is 19.2. The molecule has 1 amide bonds. The largest absolute Gasteiger partial charge is 0.467 e. The third kappa shape index (κ3) is 3.98. The van der Waals surface area contributed by atoms with Crippen LogP contribution in [0, 0.1) is 12.8 Å². The summed E-state index contributed by atoms with van der Waals surface area (Å²) in [5.74, 6) is 1.66. The first-order valence-electron chi connectivity index (χ1n) is 10.4. The topological polar surface area (TPSA) is 92.7 Å². The normalized spacial score (nSPS) is 14.8. The van der Waals surface area contributed by atoms with E-state index >= 15 is 0 Å². The van der Waals surface area contributed by atoms with E-state index < -0.39 is 0 Å². The highest BCUT2D eigenvalue weighted by Crippen LogP contribution is 2.27. The second-order valence-electron chi connectivity index (χ2n) is 7.82. The second kappa shape index (κ2) is 8.17. The van der Waals surface area contributed by atoms with Crippen LogP contribution in [-0.2, 0) is 11.3 Å². The van der Waals surface area contributed by atoms with Gasteiger partial charge < -0.3 is 14.2 Å². The Kier molecular flexibility index (Phi) is 5.07. The van der Waals surface area contributed by atoms with E-state index in [0.29, 0.717) is 12.2 Å². The molecule has 9 nitrogen and oxygen atoms in total. The molecule has 1 aromatic carbocycles. The lowest BCUT2D eigenvalue weighted by Crippen LogP contribution is -2.43. The molecule has 0 N–H and O–H groups in total. The summed E-state index contributed by atoms with van der Waals surface area (Å²) in [6.07, 6.45) is 3.16. The van der Waals surface area contributed by atoms with Gasteiger partial charge in [-0.25, -0.2) is 0 Å². The molecular weight excluding hydrogens is 394 g/mol. The van der Waals surface area contributed by atoms with Crippen LogP contribution in [0.15, 0.2) is 59.2 Å². The highest BCUT2D eigenvalue weighted by molar-refractivity contribution is 5.95. The van der Waals surface area contributed by atoms with Gasteiger partial charge in [-0.15, -0.1) is 14.8 Å². The SMILES string of the molecule is Cc1ccc(N(Cc2ccco2)C(=O)C2CCN(c3ccc4nnnn4n3)CC2)cc1. The number of hydrogen-bond donors (Lipinski definition) is 0. The zero-order chi connectivity index (χ0) is 21.2. The fraction of sp³-hybridized carbons (Fsp3) is 0.318. The molecule has 5 rings (SSSR count). The molecule has 1 aliphatic heterocycles. The number of aromatic nitrogens is 5. The maximum atomic E-state index is 13.5. The number of amides is 1. The molecule has 0 atom stereocenters. The Morgan fingerprint density at radius 1 is 1.13 bits per heavy atom. The van der Waals surface area contributed by atoms with Crippen molar-refractivity contribution >= 4 is 23.1 Å². The van der Waals surface area contributed by atoms with Crippen molar-refractivity contribution in [3.63, 3.8) is 0 Å². The van der Waals surface area contributed by atoms with Crippen LogP contribution in [0.5, 0.6) is 0 Å². The first-order valence-corrected chi connectivity index (χ1v) is 10.4. The molecule has 31 heavy (non-hydrogen) atoms. The minimum absolute atomic E-state index is 0.0516. The van der Waals surface area contributed by atoms with Crippen LogP contribution in [-0.4, -0.2) is 44.3 Å². The number of nitrogens with zero attached hydrogens (tertiary/aromatic N) is 7. The van der Waals surface area contributed by atoms with E-state index in [1.54, 1.807) is 6.26 Å². The molecule has 158 valence electrons. The Balaban J connectivity index is 1.31. The summed E-state index contributed by atoms with van der Waals surface area (Å²) in [7, 11) is 0. The number of piperidine rings is 1. The molecule has 0 unspecified atom stereocenters. The van der Waals surface area contributed by atoms with Crippen molar-refractivity contribution in [3.05, 3.63) is 66.1 Å². The molecule has 1 saturated heterocycles. The van der Waals surface area contributed by atoms with Gasteiger partial charge in [-0.05, 0) is 66.6 Å². The predicted octanol–water partition coefficient (Wildman–Crippen LogP) is 2.87. The lowest BCUT2D eigenvalue weighted by atomic mass is 9.94. The molecule has 0 bridgehead atoms. The molecule has 4 heterocycles. The number of benzene rings is 1. The van der Waals surface area contributed by atoms with Gasteiger partial charge in [-0.3, -0.25) is 4.79 Å². The summed E-state index contributed by atoms with van der Waals surface area (Å²) in [6, 6.07) is 15.6. The van der Waals surface area contributed by atoms with E-state index in [4.69, 9.17) is 4.42 Å². The van der Waals surface area contributed by atoms with Crippen molar-refractivity contribution in [2.45, 2.75) is 26.3 Å². The predicted molar refractivity (Wildman–Crippen MR) is 115 cm³/mol. The summed E-state index contributed by atoms with van der Waals surface area (Å²) in [4.78, 5) is 17.5. The average molecular weight is 417 g/mol. The molecule has 4 aromatic rings. The van der Waals surface area contributed by atoms with E-state index in [1.807, 2.05) is 60.4 Å². The van der Waals surface area contributed by atoms with Gasteiger partial charge in [0, 0.05) is 24.7 Å². The summed E-state index contributed by atoms with van der Waals surface area (Å²) in [5.41, 5.74) is 2.66. The number of carbonyl (C=O) groups is 1. The van der Waals surface area contributed by atoms with Crippen molar-refractivity contribution in [3.8, 4) is 0 Å². The van der Waals surface area contributed by atoms with Gasteiger partial charge in [0.2, 0.25) is 5.91 Å². The summed E-state index contributed by atoms with van der Waals surface area (Å²) in [5, 5.41) is 15.9. The minimum Gasteiger partial charge on any atom is -0.467 e. The Morgan fingerprint density at radius 3 is 2.68 bits per heavy atom. The van der Waals surface area contributed by atoms with Gasteiger partial charge in [0.05, 0.1) is 12.8 Å². The van der Waals surface area contributed by atoms with Gasteiger partial charge in [0.15, 0.2) is 11.5 Å². The first-order chi connectivity index (χ1) is 15.2. The lowest BCUT2D eigenvalue weighted by Gasteiger charge is -2.34. The lowest BCUT2D eigenvalue weighted by molar-refractivity contribution is -0.123. The van der Waals surface area contributed by atoms with E-state index in [-0.39, 0.29) is 11.8 Å². The molecule has 1 fully saturated rings. The van der Waals surface area contributed by atoms with Crippen molar-refractivity contribution in [2.75, 3.05) is 22.9 Å². The van der Waals surface area contributed by atoms with Crippen LogP contribution >= 0.6 is 0 Å². The number of hydrogen-bond acceptors (Lipinski definition) is 7. The molecular formula is C22H23N7O2. The van der Waals surface area contributed by atoms with Crippen LogP contribution in [0.4, 0.5) is 11.5 Å². The Hall–Kier alpha value is -3.75. The summed E-state index contributed by atoms with van der Waals surface area (Å²) in [6.45, 7) is 3.96. The van der Waals surface area contributed by atoms with Crippen LogP contribution < -0.4 is 9.80 Å². The maximum Gasteiger partial charge on any atom is 0.230 e. The monoisotopic (exact) mass is 417 g/mol. The van der Waals surface area contributed by atoms with Gasteiger partial charge in [-0.2, -0.15) is 0 Å². The van der Waals surface area contributed by atoms with Crippen LogP contribution in [0.3, 0.4) is 0 Å². The van der Waals surface area contributed by atoms with Gasteiger partial charge in [0.1, 0.15) is 5.76 Å². The Morgan fingerprint density at radius 2 is 1.94 bits per heavy atom. The Labute approximate surface area is 179 Å². The van der Waals surface area contributed by atoms with Crippen LogP contribution in [0.1, 0.15) is 24.2 Å². The van der Waals surface area contributed by atoms with E-state index in [1.165, 1.54) is 4.63 Å². The van der Waals surface area contributed by atoms with Crippen molar-refractivity contribution < 1.29 is 9.21 Å². The van der Waals surface area contributed by atoms with Gasteiger partial charge in [-0.1, -0.05) is 17.7 Å². The summed E-state index contributed by atoms with van der Waals surface area (Å²) < 4.78 is 6.95. The maximum absolute atomic E-state index is 13.5. The smallest absolute Gasteiger partial charge is 0.230 e. The van der Waals surface area contributed by atoms with Crippen LogP contribution in [0.25, 0.3) is 5.65 Å². The number of anilines is 2. The van der Waals surface area contributed by atoms with Crippen molar-refractivity contribution in [2.24, 2.45) is 5.92 Å². The molecule has 0 aliphatic carbocycles. The molecule has 3 aromatic heterocycles. The molecule has 0 spiro atoms. The highest BCUT2D eigenvalue weighted by Gasteiger charge is 2.30. The van der Waals surface area contributed by atoms with Gasteiger partial charge >= 0.3 is 0 Å². The fourth-order valence-electron chi connectivity index (χ4n) is 3.96. The Bertz CT molecular complexity index is 1160. The third-order valence-corrected chi connectivity index (χ3v) is 5.73. The molecule has 0 radical (unpaired) electrons. The van der Waals surface area contributed by atoms with E-state index in [9.17, 15) is 4.79 Å². The van der Waals surface area contributed by atoms with E-state index in [2.05, 4.69) is 25.5 Å².